The lowest BCUT2D eigenvalue weighted by molar-refractivity contribution is 0.582. The fourth-order valence-electron chi connectivity index (χ4n) is 1.93. The zero-order chi connectivity index (χ0) is 11.7. The first-order chi connectivity index (χ1) is 8.34. The molecule has 0 spiro atoms. The van der Waals surface area contributed by atoms with Gasteiger partial charge in [-0.15, -0.1) is 0 Å². The standard InChI is InChI=1S/C14H12N2O/c1-11-9-12(16-7-6-15-10-16)4-5-13(11)14-3-2-8-17-14/h2-10H,1H3. The van der Waals surface area contributed by atoms with Crippen molar-refractivity contribution in [3.05, 3.63) is 60.9 Å². The van der Waals surface area contributed by atoms with E-state index in [9.17, 15) is 0 Å². The fraction of sp³-hybridized carbons (Fsp3) is 0.0714. The Morgan fingerprint density at radius 1 is 1.24 bits per heavy atom. The van der Waals surface area contributed by atoms with Gasteiger partial charge in [0.05, 0.1) is 12.6 Å². The second-order valence-electron chi connectivity index (χ2n) is 3.95. The maximum Gasteiger partial charge on any atom is 0.134 e. The van der Waals surface area contributed by atoms with E-state index in [1.165, 1.54) is 5.56 Å². The van der Waals surface area contributed by atoms with Crippen LogP contribution in [0.1, 0.15) is 5.56 Å². The maximum atomic E-state index is 5.41. The summed E-state index contributed by atoms with van der Waals surface area (Å²) in [6, 6.07) is 10.1. The molecule has 0 saturated carbocycles. The molecule has 17 heavy (non-hydrogen) atoms. The number of aromatic nitrogens is 2. The molecule has 0 atom stereocenters. The third-order valence-electron chi connectivity index (χ3n) is 2.80. The van der Waals surface area contributed by atoms with Gasteiger partial charge in [0.25, 0.3) is 0 Å². The van der Waals surface area contributed by atoms with Crippen molar-refractivity contribution in [1.29, 1.82) is 0 Å². The molecule has 3 heteroatoms. The minimum absolute atomic E-state index is 0.902. The summed E-state index contributed by atoms with van der Waals surface area (Å²) in [6.45, 7) is 2.08. The predicted octanol–water partition coefficient (Wildman–Crippen LogP) is 3.44. The van der Waals surface area contributed by atoms with Crippen LogP contribution < -0.4 is 0 Å². The molecule has 0 radical (unpaired) electrons. The zero-order valence-corrected chi connectivity index (χ0v) is 9.50. The van der Waals surface area contributed by atoms with Gasteiger partial charge < -0.3 is 8.98 Å². The summed E-state index contributed by atoms with van der Waals surface area (Å²) in [6.07, 6.45) is 7.19. The number of nitrogens with zero attached hydrogens (tertiary/aromatic N) is 2. The monoisotopic (exact) mass is 224 g/mol. The van der Waals surface area contributed by atoms with Crippen LogP contribution in [0.15, 0.2) is 59.7 Å². The molecule has 0 fully saturated rings. The van der Waals surface area contributed by atoms with Gasteiger partial charge in [0, 0.05) is 23.6 Å². The van der Waals surface area contributed by atoms with Crippen molar-refractivity contribution in [2.45, 2.75) is 6.92 Å². The largest absolute Gasteiger partial charge is 0.464 e. The van der Waals surface area contributed by atoms with Crippen molar-refractivity contribution >= 4 is 0 Å². The van der Waals surface area contributed by atoms with Crippen LogP contribution in [0.4, 0.5) is 0 Å². The van der Waals surface area contributed by atoms with Gasteiger partial charge in [-0.05, 0) is 42.8 Å². The molecule has 84 valence electrons. The fourth-order valence-corrected chi connectivity index (χ4v) is 1.93. The lowest BCUT2D eigenvalue weighted by Crippen LogP contribution is -1.91. The predicted molar refractivity (Wildman–Crippen MR) is 66.0 cm³/mol. The lowest BCUT2D eigenvalue weighted by Gasteiger charge is -2.07. The minimum atomic E-state index is 0.902. The smallest absolute Gasteiger partial charge is 0.134 e. The van der Waals surface area contributed by atoms with E-state index in [-0.39, 0.29) is 0 Å². The van der Waals surface area contributed by atoms with Gasteiger partial charge in [0.1, 0.15) is 5.76 Å². The molecule has 0 aliphatic rings. The Balaban J connectivity index is 2.06. The molecule has 0 N–H and O–H groups in total. The summed E-state index contributed by atoms with van der Waals surface area (Å²) >= 11 is 0. The van der Waals surface area contributed by atoms with E-state index in [4.69, 9.17) is 4.42 Å². The lowest BCUT2D eigenvalue weighted by atomic mass is 10.1. The number of benzene rings is 1. The minimum Gasteiger partial charge on any atom is -0.464 e. The quantitative estimate of drug-likeness (QED) is 0.667. The van der Waals surface area contributed by atoms with Gasteiger partial charge in [0.2, 0.25) is 0 Å². The van der Waals surface area contributed by atoms with Crippen molar-refractivity contribution in [2.75, 3.05) is 0 Å². The van der Waals surface area contributed by atoms with Crippen molar-refractivity contribution in [3.8, 4) is 17.0 Å². The molecule has 2 heterocycles. The summed E-state index contributed by atoms with van der Waals surface area (Å²) in [5.74, 6) is 0.902. The Kier molecular flexibility index (Phi) is 2.29. The van der Waals surface area contributed by atoms with Gasteiger partial charge >= 0.3 is 0 Å². The van der Waals surface area contributed by atoms with E-state index in [2.05, 4.69) is 30.1 Å². The van der Waals surface area contributed by atoms with Crippen LogP contribution in [-0.4, -0.2) is 9.55 Å². The highest BCUT2D eigenvalue weighted by atomic mass is 16.3. The Bertz CT molecular complexity index is 610. The first-order valence-corrected chi connectivity index (χ1v) is 5.47. The van der Waals surface area contributed by atoms with E-state index in [0.717, 1.165) is 17.0 Å². The number of hydrogen-bond acceptors (Lipinski definition) is 2. The Hall–Kier alpha value is -2.29. The number of furan rings is 1. The van der Waals surface area contributed by atoms with Gasteiger partial charge in [-0.2, -0.15) is 0 Å². The first-order valence-electron chi connectivity index (χ1n) is 5.47. The van der Waals surface area contributed by atoms with E-state index in [1.54, 1.807) is 18.8 Å². The average Bonchev–Trinajstić information content (AvgIpc) is 3.02. The summed E-state index contributed by atoms with van der Waals surface area (Å²) in [5, 5.41) is 0. The highest BCUT2D eigenvalue weighted by Crippen LogP contribution is 2.25. The third-order valence-corrected chi connectivity index (χ3v) is 2.80. The van der Waals surface area contributed by atoms with Crippen molar-refractivity contribution in [2.24, 2.45) is 0 Å². The van der Waals surface area contributed by atoms with Crippen molar-refractivity contribution in [1.82, 2.24) is 9.55 Å². The first kappa shape index (κ1) is 9.90. The second kappa shape index (κ2) is 3.94. The molecule has 0 aliphatic carbocycles. The normalized spacial score (nSPS) is 10.6. The second-order valence-corrected chi connectivity index (χ2v) is 3.95. The molecule has 3 nitrogen and oxygen atoms in total. The van der Waals surface area contributed by atoms with Gasteiger partial charge in [0.15, 0.2) is 0 Å². The summed E-state index contributed by atoms with van der Waals surface area (Å²) in [7, 11) is 0. The van der Waals surface area contributed by atoms with Crippen LogP contribution in [0.5, 0.6) is 0 Å². The average molecular weight is 224 g/mol. The van der Waals surface area contributed by atoms with Gasteiger partial charge in [-0.3, -0.25) is 0 Å². The van der Waals surface area contributed by atoms with Gasteiger partial charge in [-0.25, -0.2) is 4.98 Å². The number of imidazole rings is 1. The maximum absolute atomic E-state index is 5.41. The topological polar surface area (TPSA) is 31.0 Å². The Labute approximate surface area is 99.3 Å². The molecule has 0 aliphatic heterocycles. The van der Waals surface area contributed by atoms with Crippen LogP contribution in [-0.2, 0) is 0 Å². The summed E-state index contributed by atoms with van der Waals surface area (Å²) in [5.41, 5.74) is 3.42. The highest BCUT2D eigenvalue weighted by Gasteiger charge is 2.05. The van der Waals surface area contributed by atoms with Crippen LogP contribution in [0.2, 0.25) is 0 Å². The number of rotatable bonds is 2. The molecule has 3 rings (SSSR count). The van der Waals surface area contributed by atoms with Crippen LogP contribution >= 0.6 is 0 Å². The molecule has 0 bridgehead atoms. The van der Waals surface area contributed by atoms with E-state index in [1.807, 2.05) is 22.9 Å². The van der Waals surface area contributed by atoms with E-state index < -0.39 is 0 Å². The molecule has 3 aromatic rings. The SMILES string of the molecule is Cc1cc(-n2ccnc2)ccc1-c1ccco1. The molecule has 2 aromatic heterocycles. The molecule has 0 unspecified atom stereocenters. The van der Waals surface area contributed by atoms with Gasteiger partial charge in [-0.1, -0.05) is 0 Å². The molecule has 0 amide bonds. The third kappa shape index (κ3) is 1.76. The highest BCUT2D eigenvalue weighted by molar-refractivity contribution is 5.63. The summed E-state index contributed by atoms with van der Waals surface area (Å²) < 4.78 is 7.40. The number of hydrogen-bond donors (Lipinski definition) is 0. The molecular formula is C14H12N2O. The van der Waals surface area contributed by atoms with Crippen LogP contribution in [0, 0.1) is 6.92 Å². The Morgan fingerprint density at radius 3 is 2.82 bits per heavy atom. The van der Waals surface area contributed by atoms with Crippen LogP contribution in [0.3, 0.4) is 0 Å². The van der Waals surface area contributed by atoms with Crippen LogP contribution in [0.25, 0.3) is 17.0 Å². The zero-order valence-electron chi connectivity index (χ0n) is 9.50. The van der Waals surface area contributed by atoms with E-state index >= 15 is 0 Å². The van der Waals surface area contributed by atoms with Crippen molar-refractivity contribution in [3.63, 3.8) is 0 Å². The molecule has 0 saturated heterocycles. The number of aryl methyl sites for hydroxylation is 1. The molecular weight excluding hydrogens is 212 g/mol. The van der Waals surface area contributed by atoms with Crippen molar-refractivity contribution < 1.29 is 4.42 Å². The van der Waals surface area contributed by atoms with E-state index in [0.29, 0.717) is 0 Å². The molecule has 1 aromatic carbocycles. The Morgan fingerprint density at radius 2 is 2.18 bits per heavy atom. The summed E-state index contributed by atoms with van der Waals surface area (Å²) in [4.78, 5) is 4.04.